The summed E-state index contributed by atoms with van der Waals surface area (Å²) in [5.74, 6) is 0. The molecule has 12 heavy (non-hydrogen) atoms. The number of rotatable bonds is 4. The van der Waals surface area contributed by atoms with Gasteiger partial charge in [-0.3, -0.25) is 0 Å². The Labute approximate surface area is 73.3 Å². The first-order valence-electron chi connectivity index (χ1n) is 4.10. The zero-order valence-corrected chi connectivity index (χ0v) is 7.63. The largest absolute Gasteiger partial charge is 0.472 e. The first-order chi connectivity index (χ1) is 5.70. The molecule has 0 saturated heterocycles. The molecule has 2 nitrogen and oxygen atoms in total. The highest BCUT2D eigenvalue weighted by atomic mass is 16.3. The molecule has 1 aromatic rings. The molecule has 1 heterocycles. The van der Waals surface area contributed by atoms with Crippen molar-refractivity contribution < 1.29 is 4.42 Å². The van der Waals surface area contributed by atoms with Gasteiger partial charge in [0, 0.05) is 18.2 Å². The van der Waals surface area contributed by atoms with Crippen molar-refractivity contribution in [3.63, 3.8) is 0 Å². The van der Waals surface area contributed by atoms with Crippen LogP contribution in [-0.2, 0) is 0 Å². The standard InChI is InChI=1S/C10H15NO/c1-8(2)6-11-9(3)10-4-5-12-7-10/h4-5,7,9,11H,1,6H2,2-3H3. The van der Waals surface area contributed by atoms with Crippen molar-refractivity contribution in [2.24, 2.45) is 0 Å². The first kappa shape index (κ1) is 9.07. The maximum atomic E-state index is 4.98. The van der Waals surface area contributed by atoms with Crippen LogP contribution in [0.2, 0.25) is 0 Å². The Hall–Kier alpha value is -1.02. The highest BCUT2D eigenvalue weighted by Crippen LogP contribution is 2.11. The third-order valence-electron chi connectivity index (χ3n) is 1.75. The van der Waals surface area contributed by atoms with Crippen LogP contribution in [0.25, 0.3) is 0 Å². The van der Waals surface area contributed by atoms with Gasteiger partial charge in [-0.1, -0.05) is 12.2 Å². The molecule has 1 unspecified atom stereocenters. The zero-order chi connectivity index (χ0) is 8.97. The van der Waals surface area contributed by atoms with Crippen LogP contribution in [0.5, 0.6) is 0 Å². The summed E-state index contributed by atoms with van der Waals surface area (Å²) in [6.45, 7) is 8.79. The summed E-state index contributed by atoms with van der Waals surface area (Å²) in [4.78, 5) is 0. The summed E-state index contributed by atoms with van der Waals surface area (Å²) < 4.78 is 4.98. The van der Waals surface area contributed by atoms with Crippen LogP contribution in [0.1, 0.15) is 25.5 Å². The van der Waals surface area contributed by atoms with Crippen molar-refractivity contribution in [3.8, 4) is 0 Å². The van der Waals surface area contributed by atoms with Gasteiger partial charge in [-0.15, -0.1) is 0 Å². The van der Waals surface area contributed by atoms with Crippen LogP contribution in [0, 0.1) is 0 Å². The molecule has 2 heteroatoms. The molecule has 0 spiro atoms. The lowest BCUT2D eigenvalue weighted by molar-refractivity contribution is 0.548. The van der Waals surface area contributed by atoms with E-state index in [4.69, 9.17) is 4.42 Å². The zero-order valence-electron chi connectivity index (χ0n) is 7.63. The van der Waals surface area contributed by atoms with Crippen molar-refractivity contribution in [2.75, 3.05) is 6.54 Å². The molecule has 0 bridgehead atoms. The fraction of sp³-hybridized carbons (Fsp3) is 0.400. The van der Waals surface area contributed by atoms with Gasteiger partial charge in [-0.05, 0) is 19.9 Å². The third kappa shape index (κ3) is 2.55. The van der Waals surface area contributed by atoms with Crippen molar-refractivity contribution in [1.82, 2.24) is 5.32 Å². The first-order valence-corrected chi connectivity index (χ1v) is 4.10. The molecule has 0 aliphatic carbocycles. The van der Waals surface area contributed by atoms with Gasteiger partial charge < -0.3 is 9.73 Å². The summed E-state index contributed by atoms with van der Waals surface area (Å²) in [6, 6.07) is 2.30. The fourth-order valence-corrected chi connectivity index (χ4v) is 0.967. The van der Waals surface area contributed by atoms with E-state index in [0.29, 0.717) is 6.04 Å². The van der Waals surface area contributed by atoms with E-state index < -0.39 is 0 Å². The minimum Gasteiger partial charge on any atom is -0.472 e. The average Bonchev–Trinajstić information content (AvgIpc) is 2.51. The van der Waals surface area contributed by atoms with Gasteiger partial charge in [0.25, 0.3) is 0 Å². The Kier molecular flexibility index (Phi) is 3.11. The van der Waals surface area contributed by atoms with Crippen molar-refractivity contribution in [2.45, 2.75) is 19.9 Å². The summed E-state index contributed by atoms with van der Waals surface area (Å²) >= 11 is 0. The van der Waals surface area contributed by atoms with E-state index in [9.17, 15) is 0 Å². The Morgan fingerprint density at radius 3 is 3.00 bits per heavy atom. The molecule has 0 aromatic carbocycles. The van der Waals surface area contributed by atoms with Gasteiger partial charge in [-0.25, -0.2) is 0 Å². The van der Waals surface area contributed by atoms with Crippen LogP contribution in [0.3, 0.4) is 0 Å². The van der Waals surface area contributed by atoms with Crippen LogP contribution in [-0.4, -0.2) is 6.54 Å². The highest BCUT2D eigenvalue weighted by molar-refractivity contribution is 5.10. The van der Waals surface area contributed by atoms with E-state index in [1.807, 2.05) is 13.0 Å². The lowest BCUT2D eigenvalue weighted by atomic mass is 10.2. The maximum absolute atomic E-state index is 4.98. The molecule has 1 rings (SSSR count). The molecule has 0 aliphatic heterocycles. The predicted molar refractivity (Wildman–Crippen MR) is 49.9 cm³/mol. The minimum atomic E-state index is 0.334. The summed E-state index contributed by atoms with van der Waals surface area (Å²) in [5.41, 5.74) is 2.32. The maximum Gasteiger partial charge on any atom is 0.0950 e. The van der Waals surface area contributed by atoms with E-state index in [1.54, 1.807) is 12.5 Å². The molecule has 0 amide bonds. The second-order valence-corrected chi connectivity index (χ2v) is 3.12. The number of hydrogen-bond donors (Lipinski definition) is 1. The third-order valence-corrected chi connectivity index (χ3v) is 1.75. The summed E-state index contributed by atoms with van der Waals surface area (Å²) in [7, 11) is 0. The Balaban J connectivity index is 2.39. The Morgan fingerprint density at radius 1 is 1.75 bits per heavy atom. The van der Waals surface area contributed by atoms with Crippen molar-refractivity contribution >= 4 is 0 Å². The van der Waals surface area contributed by atoms with E-state index in [0.717, 1.165) is 12.1 Å². The monoisotopic (exact) mass is 165 g/mol. The molecule has 0 saturated carbocycles. The molecular formula is C10H15NO. The van der Waals surface area contributed by atoms with E-state index in [1.165, 1.54) is 5.56 Å². The second-order valence-electron chi connectivity index (χ2n) is 3.12. The number of furan rings is 1. The van der Waals surface area contributed by atoms with Crippen LogP contribution in [0.15, 0.2) is 35.2 Å². The van der Waals surface area contributed by atoms with Crippen molar-refractivity contribution in [1.29, 1.82) is 0 Å². The minimum absolute atomic E-state index is 0.334. The van der Waals surface area contributed by atoms with Gasteiger partial charge in [-0.2, -0.15) is 0 Å². The van der Waals surface area contributed by atoms with Gasteiger partial charge >= 0.3 is 0 Å². The SMILES string of the molecule is C=C(C)CNC(C)c1ccoc1. The number of nitrogens with one attached hydrogen (secondary N) is 1. The van der Waals surface area contributed by atoms with E-state index in [2.05, 4.69) is 18.8 Å². The van der Waals surface area contributed by atoms with Crippen LogP contribution < -0.4 is 5.32 Å². The Bertz CT molecular complexity index is 238. The molecule has 1 atom stereocenters. The van der Waals surface area contributed by atoms with Crippen LogP contribution in [0.4, 0.5) is 0 Å². The van der Waals surface area contributed by atoms with Gasteiger partial charge in [0.2, 0.25) is 0 Å². The quantitative estimate of drug-likeness (QED) is 0.693. The predicted octanol–water partition coefficient (Wildman–Crippen LogP) is 2.51. The van der Waals surface area contributed by atoms with Gasteiger partial charge in [0.15, 0.2) is 0 Å². The average molecular weight is 165 g/mol. The molecule has 1 aromatic heterocycles. The molecule has 0 radical (unpaired) electrons. The normalized spacial score (nSPS) is 12.8. The van der Waals surface area contributed by atoms with E-state index >= 15 is 0 Å². The van der Waals surface area contributed by atoms with Crippen LogP contribution >= 0.6 is 0 Å². The molecular weight excluding hydrogens is 150 g/mol. The van der Waals surface area contributed by atoms with Crippen molar-refractivity contribution in [3.05, 3.63) is 36.3 Å². The lowest BCUT2D eigenvalue weighted by Gasteiger charge is -2.10. The van der Waals surface area contributed by atoms with Gasteiger partial charge in [0.1, 0.15) is 0 Å². The lowest BCUT2D eigenvalue weighted by Crippen LogP contribution is -2.19. The second kappa shape index (κ2) is 4.12. The molecule has 0 aliphatic rings. The molecule has 0 fully saturated rings. The number of hydrogen-bond acceptors (Lipinski definition) is 2. The molecule has 1 N–H and O–H groups in total. The smallest absolute Gasteiger partial charge is 0.0950 e. The topological polar surface area (TPSA) is 25.2 Å². The Morgan fingerprint density at radius 2 is 2.50 bits per heavy atom. The summed E-state index contributed by atoms with van der Waals surface area (Å²) in [5, 5.41) is 3.32. The molecule has 66 valence electrons. The van der Waals surface area contributed by atoms with E-state index in [-0.39, 0.29) is 0 Å². The fourth-order valence-electron chi connectivity index (χ4n) is 0.967. The summed E-state index contributed by atoms with van der Waals surface area (Å²) in [6.07, 6.45) is 3.45. The highest BCUT2D eigenvalue weighted by Gasteiger charge is 2.04. The van der Waals surface area contributed by atoms with Gasteiger partial charge in [0.05, 0.1) is 12.5 Å².